The van der Waals surface area contributed by atoms with Crippen LogP contribution in [0.2, 0.25) is 0 Å². The minimum atomic E-state index is -0.0594. The summed E-state index contributed by atoms with van der Waals surface area (Å²) in [5.41, 5.74) is 9.78. The Balaban J connectivity index is 1.43. The molecule has 2 aromatic rings. The highest BCUT2D eigenvalue weighted by Crippen LogP contribution is 2.38. The highest BCUT2D eigenvalue weighted by atomic mass is 16.1. The molecule has 2 heterocycles. The quantitative estimate of drug-likeness (QED) is 0.832. The van der Waals surface area contributed by atoms with Gasteiger partial charge in [-0.25, -0.2) is 4.99 Å². The van der Waals surface area contributed by atoms with Crippen LogP contribution in [0, 0.1) is 0 Å². The summed E-state index contributed by atoms with van der Waals surface area (Å²) < 4.78 is 0. The fraction of sp³-hybridized carbons (Fsp3) is 0.391. The Labute approximate surface area is 166 Å². The van der Waals surface area contributed by atoms with Crippen molar-refractivity contribution in [1.29, 1.82) is 0 Å². The third kappa shape index (κ3) is 4.03. The van der Waals surface area contributed by atoms with Crippen molar-refractivity contribution in [2.45, 2.75) is 57.2 Å². The molecule has 0 aliphatic carbocycles. The molecule has 146 valence electrons. The average molecular weight is 377 g/mol. The average Bonchev–Trinajstić information content (AvgIpc) is 3.11. The number of hydrogen-bond donors (Lipinski definition) is 2. The summed E-state index contributed by atoms with van der Waals surface area (Å²) in [5.74, 6) is 0.624. The maximum absolute atomic E-state index is 11.2. The first-order valence-corrected chi connectivity index (χ1v) is 10.1. The number of aryl methyl sites for hydroxylation is 1. The van der Waals surface area contributed by atoms with Crippen molar-refractivity contribution < 1.29 is 4.79 Å². The van der Waals surface area contributed by atoms with Crippen LogP contribution < -0.4 is 11.1 Å². The first kappa shape index (κ1) is 18.5. The number of guanidine groups is 1. The van der Waals surface area contributed by atoms with Crippen LogP contribution in [0.15, 0.2) is 59.6 Å². The van der Waals surface area contributed by atoms with Crippen LogP contribution in [-0.2, 0) is 11.2 Å². The molecule has 2 aromatic carbocycles. The van der Waals surface area contributed by atoms with Crippen molar-refractivity contribution in [2.24, 2.45) is 10.7 Å². The number of fused-ring (bicyclic) bond motifs is 1. The molecule has 0 spiro atoms. The highest BCUT2D eigenvalue weighted by molar-refractivity contribution is 5.88. The number of nitrogens with two attached hydrogens (primary N) is 1. The number of aliphatic imine (C=N–C) groups is 1. The number of anilines is 1. The predicted molar refractivity (Wildman–Crippen MR) is 113 cm³/mol. The molecule has 5 heteroatoms. The van der Waals surface area contributed by atoms with E-state index in [0.717, 1.165) is 30.5 Å². The molecule has 1 fully saturated rings. The maximum Gasteiger partial charge on any atom is 0.221 e. The van der Waals surface area contributed by atoms with Crippen LogP contribution in [0.1, 0.15) is 49.8 Å². The SMILES string of the molecule is CC(=O)Nc1ccc([C@H]2C[C@H]3CC[C@H](CCc4ccccc4)N3C(N)=N2)cc1. The minimum Gasteiger partial charge on any atom is -0.370 e. The minimum absolute atomic E-state index is 0.0594. The lowest BCUT2D eigenvalue weighted by atomic mass is 9.97. The summed E-state index contributed by atoms with van der Waals surface area (Å²) in [6.45, 7) is 1.52. The van der Waals surface area contributed by atoms with Gasteiger partial charge in [-0.05, 0) is 55.4 Å². The van der Waals surface area contributed by atoms with E-state index in [2.05, 4.69) is 40.5 Å². The van der Waals surface area contributed by atoms with Gasteiger partial charge in [0.1, 0.15) is 0 Å². The van der Waals surface area contributed by atoms with Crippen molar-refractivity contribution in [2.75, 3.05) is 5.32 Å². The molecule has 2 aliphatic heterocycles. The van der Waals surface area contributed by atoms with E-state index in [1.807, 2.05) is 24.3 Å². The van der Waals surface area contributed by atoms with Crippen LogP contribution in [0.5, 0.6) is 0 Å². The molecular weight excluding hydrogens is 348 g/mol. The van der Waals surface area contributed by atoms with Crippen LogP contribution in [0.25, 0.3) is 0 Å². The van der Waals surface area contributed by atoms with Crippen molar-refractivity contribution in [3.8, 4) is 0 Å². The van der Waals surface area contributed by atoms with Gasteiger partial charge in [-0.15, -0.1) is 0 Å². The van der Waals surface area contributed by atoms with E-state index in [9.17, 15) is 4.79 Å². The number of carbonyl (C=O) groups excluding carboxylic acids is 1. The molecule has 2 aliphatic rings. The second-order valence-electron chi connectivity index (χ2n) is 7.86. The fourth-order valence-electron chi connectivity index (χ4n) is 4.57. The van der Waals surface area contributed by atoms with Crippen LogP contribution >= 0.6 is 0 Å². The predicted octanol–water partition coefficient (Wildman–Crippen LogP) is 3.87. The number of hydrogen-bond acceptors (Lipinski definition) is 4. The molecule has 0 bridgehead atoms. The van der Waals surface area contributed by atoms with E-state index in [4.69, 9.17) is 10.7 Å². The van der Waals surface area contributed by atoms with Crippen LogP contribution in [0.3, 0.4) is 0 Å². The van der Waals surface area contributed by atoms with E-state index in [-0.39, 0.29) is 11.9 Å². The van der Waals surface area contributed by atoms with E-state index < -0.39 is 0 Å². The Kier molecular flexibility index (Phi) is 5.33. The smallest absolute Gasteiger partial charge is 0.221 e. The summed E-state index contributed by atoms with van der Waals surface area (Å²) in [7, 11) is 0. The Morgan fingerprint density at radius 2 is 1.89 bits per heavy atom. The molecule has 3 atom stereocenters. The largest absolute Gasteiger partial charge is 0.370 e. The number of nitrogens with one attached hydrogen (secondary N) is 1. The van der Waals surface area contributed by atoms with Gasteiger partial charge < -0.3 is 16.0 Å². The molecule has 3 N–H and O–H groups in total. The standard InChI is InChI=1S/C23H28N4O/c1-16(28)25-19-10-8-18(9-11-19)22-15-21-14-13-20(27(21)23(24)26-22)12-7-17-5-3-2-4-6-17/h2-6,8-11,20-22H,7,12-15H2,1H3,(H2,24,26)(H,25,28)/t20-,21+,22+/m0/s1. The second-order valence-corrected chi connectivity index (χ2v) is 7.86. The van der Waals surface area contributed by atoms with Gasteiger partial charge in [0, 0.05) is 24.7 Å². The summed E-state index contributed by atoms with van der Waals surface area (Å²) in [5, 5.41) is 2.81. The Bertz CT molecular complexity index is 847. The highest BCUT2D eigenvalue weighted by Gasteiger charge is 2.39. The lowest BCUT2D eigenvalue weighted by Gasteiger charge is -2.37. The van der Waals surface area contributed by atoms with E-state index in [1.165, 1.54) is 25.3 Å². The Hall–Kier alpha value is -2.82. The van der Waals surface area contributed by atoms with Gasteiger partial charge in [0.25, 0.3) is 0 Å². The third-order valence-corrected chi connectivity index (χ3v) is 5.89. The number of carbonyl (C=O) groups is 1. The molecule has 1 saturated heterocycles. The second kappa shape index (κ2) is 8.05. The number of benzene rings is 2. The summed E-state index contributed by atoms with van der Waals surface area (Å²) in [4.78, 5) is 18.4. The van der Waals surface area contributed by atoms with E-state index in [0.29, 0.717) is 18.0 Å². The monoisotopic (exact) mass is 376 g/mol. The van der Waals surface area contributed by atoms with Gasteiger partial charge in [-0.3, -0.25) is 4.79 Å². The molecule has 0 saturated carbocycles. The lowest BCUT2D eigenvalue weighted by molar-refractivity contribution is -0.114. The van der Waals surface area contributed by atoms with Gasteiger partial charge >= 0.3 is 0 Å². The molecular formula is C23H28N4O. The van der Waals surface area contributed by atoms with Crippen molar-refractivity contribution >= 4 is 17.6 Å². The Morgan fingerprint density at radius 3 is 2.61 bits per heavy atom. The third-order valence-electron chi connectivity index (χ3n) is 5.89. The first-order valence-electron chi connectivity index (χ1n) is 10.1. The van der Waals surface area contributed by atoms with Crippen molar-refractivity contribution in [3.63, 3.8) is 0 Å². The van der Waals surface area contributed by atoms with Crippen LogP contribution in [0.4, 0.5) is 5.69 Å². The lowest BCUT2D eigenvalue weighted by Crippen LogP contribution is -2.48. The zero-order valence-electron chi connectivity index (χ0n) is 16.3. The molecule has 0 aromatic heterocycles. The van der Waals surface area contributed by atoms with Gasteiger partial charge in [0.15, 0.2) is 5.96 Å². The molecule has 5 nitrogen and oxygen atoms in total. The van der Waals surface area contributed by atoms with E-state index >= 15 is 0 Å². The molecule has 0 unspecified atom stereocenters. The topological polar surface area (TPSA) is 70.7 Å². The molecule has 28 heavy (non-hydrogen) atoms. The van der Waals surface area contributed by atoms with Gasteiger partial charge in [0.05, 0.1) is 6.04 Å². The molecule has 4 rings (SSSR count). The fourth-order valence-corrected chi connectivity index (χ4v) is 4.57. The van der Waals surface area contributed by atoms with Gasteiger partial charge in [-0.1, -0.05) is 42.5 Å². The summed E-state index contributed by atoms with van der Waals surface area (Å²) in [6, 6.07) is 19.7. The van der Waals surface area contributed by atoms with E-state index in [1.54, 1.807) is 0 Å². The van der Waals surface area contributed by atoms with Crippen molar-refractivity contribution in [3.05, 3.63) is 65.7 Å². The molecule has 0 radical (unpaired) electrons. The van der Waals surface area contributed by atoms with Gasteiger partial charge in [-0.2, -0.15) is 0 Å². The summed E-state index contributed by atoms with van der Waals surface area (Å²) >= 11 is 0. The Morgan fingerprint density at radius 1 is 1.14 bits per heavy atom. The number of rotatable bonds is 5. The number of amides is 1. The summed E-state index contributed by atoms with van der Waals surface area (Å²) in [6.07, 6.45) is 5.56. The zero-order valence-corrected chi connectivity index (χ0v) is 16.3. The van der Waals surface area contributed by atoms with Crippen molar-refractivity contribution in [1.82, 2.24) is 4.90 Å². The zero-order chi connectivity index (χ0) is 19.5. The normalized spacial score (nSPS) is 23.8. The maximum atomic E-state index is 11.2. The number of nitrogens with zero attached hydrogens (tertiary/aromatic N) is 2. The van der Waals surface area contributed by atoms with Gasteiger partial charge in [0.2, 0.25) is 5.91 Å². The van der Waals surface area contributed by atoms with Crippen LogP contribution in [-0.4, -0.2) is 28.9 Å². The molecule has 1 amide bonds. The first-order chi connectivity index (χ1) is 13.6.